The summed E-state index contributed by atoms with van der Waals surface area (Å²) in [6, 6.07) is 0. The molecule has 4 heteroatoms. The summed E-state index contributed by atoms with van der Waals surface area (Å²) >= 11 is 0. The van der Waals surface area contributed by atoms with E-state index >= 15 is 0 Å². The van der Waals surface area contributed by atoms with Crippen LogP contribution < -0.4 is 0 Å². The maximum atomic E-state index is 9.50. The Bertz CT molecular complexity index is 310. The SMILES string of the molecule is COC1CCC([S+](C2CCC(CO)CC2)C2CCC(OC)CC2)CC1. The van der Waals surface area contributed by atoms with E-state index in [1.807, 2.05) is 14.2 Å². The second-order valence-electron chi connectivity index (χ2n) is 8.50. The number of methoxy groups -OCH3 is 2. The molecule has 0 unspecified atom stereocenters. The Morgan fingerprint density at radius 3 is 1.32 bits per heavy atom. The third kappa shape index (κ3) is 5.15. The van der Waals surface area contributed by atoms with Crippen LogP contribution >= 0.6 is 0 Å². The highest BCUT2D eigenvalue weighted by molar-refractivity contribution is 7.98. The number of hydrogen-bond donors (Lipinski definition) is 1. The van der Waals surface area contributed by atoms with Crippen LogP contribution in [0.4, 0.5) is 0 Å². The number of ether oxygens (including phenoxy) is 2. The second-order valence-corrected chi connectivity index (χ2v) is 11.3. The first-order chi connectivity index (χ1) is 12.2. The molecule has 146 valence electrons. The fourth-order valence-electron chi connectivity index (χ4n) is 5.48. The summed E-state index contributed by atoms with van der Waals surface area (Å²) in [6.07, 6.45) is 16.9. The highest BCUT2D eigenvalue weighted by Gasteiger charge is 2.47. The number of aliphatic hydroxyl groups is 1. The van der Waals surface area contributed by atoms with Crippen LogP contribution in [-0.2, 0) is 20.4 Å². The lowest BCUT2D eigenvalue weighted by Crippen LogP contribution is -2.46. The first kappa shape index (κ1) is 20.0. The van der Waals surface area contributed by atoms with Crippen molar-refractivity contribution in [2.24, 2.45) is 5.92 Å². The average Bonchev–Trinajstić information content (AvgIpc) is 2.70. The Balaban J connectivity index is 1.64. The number of rotatable bonds is 6. The zero-order valence-corrected chi connectivity index (χ0v) is 17.1. The molecule has 0 saturated heterocycles. The van der Waals surface area contributed by atoms with Crippen LogP contribution in [0.3, 0.4) is 0 Å². The molecule has 0 aromatic rings. The molecule has 0 amide bonds. The minimum Gasteiger partial charge on any atom is -0.396 e. The quantitative estimate of drug-likeness (QED) is 0.715. The van der Waals surface area contributed by atoms with E-state index in [4.69, 9.17) is 9.47 Å². The minimum absolute atomic E-state index is 0.401. The van der Waals surface area contributed by atoms with Gasteiger partial charge in [0.2, 0.25) is 0 Å². The van der Waals surface area contributed by atoms with E-state index in [0.29, 0.717) is 35.6 Å². The van der Waals surface area contributed by atoms with Gasteiger partial charge in [-0.2, -0.15) is 0 Å². The summed E-state index contributed by atoms with van der Waals surface area (Å²) in [5.41, 5.74) is 0. The van der Waals surface area contributed by atoms with E-state index in [-0.39, 0.29) is 0 Å². The largest absolute Gasteiger partial charge is 0.396 e. The summed E-state index contributed by atoms with van der Waals surface area (Å²) < 4.78 is 11.3. The van der Waals surface area contributed by atoms with E-state index in [1.54, 1.807) is 0 Å². The minimum atomic E-state index is 0.401. The van der Waals surface area contributed by atoms with Crippen molar-refractivity contribution in [2.75, 3.05) is 20.8 Å². The van der Waals surface area contributed by atoms with Crippen LogP contribution in [0.25, 0.3) is 0 Å². The van der Waals surface area contributed by atoms with Gasteiger partial charge in [-0.15, -0.1) is 0 Å². The predicted molar refractivity (Wildman–Crippen MR) is 106 cm³/mol. The fraction of sp³-hybridized carbons (Fsp3) is 1.00. The molecule has 3 aliphatic rings. The van der Waals surface area contributed by atoms with Crippen LogP contribution in [0, 0.1) is 5.92 Å². The third-order valence-corrected chi connectivity index (χ3v) is 10.8. The molecule has 3 fully saturated rings. The van der Waals surface area contributed by atoms with Crippen LogP contribution in [-0.4, -0.2) is 53.9 Å². The summed E-state index contributed by atoms with van der Waals surface area (Å²) in [5, 5.41) is 12.3. The molecule has 3 aliphatic carbocycles. The fourth-order valence-corrected chi connectivity index (χ4v) is 9.57. The highest BCUT2D eigenvalue weighted by Crippen LogP contribution is 2.42. The van der Waals surface area contributed by atoms with Gasteiger partial charge in [0.05, 0.1) is 12.2 Å². The van der Waals surface area contributed by atoms with Crippen molar-refractivity contribution in [3.8, 4) is 0 Å². The third-order valence-electron chi connectivity index (χ3n) is 7.12. The van der Waals surface area contributed by atoms with Crippen molar-refractivity contribution in [1.82, 2.24) is 0 Å². The average molecular weight is 372 g/mol. The molecule has 3 rings (SSSR count). The number of aliphatic hydroxyl groups excluding tert-OH is 1. The van der Waals surface area contributed by atoms with Gasteiger partial charge in [-0.25, -0.2) is 0 Å². The van der Waals surface area contributed by atoms with Gasteiger partial charge in [0.1, 0.15) is 15.7 Å². The van der Waals surface area contributed by atoms with Crippen LogP contribution in [0.15, 0.2) is 0 Å². The first-order valence-electron chi connectivity index (χ1n) is 10.6. The van der Waals surface area contributed by atoms with Crippen molar-refractivity contribution in [1.29, 1.82) is 0 Å². The molecule has 0 heterocycles. The van der Waals surface area contributed by atoms with Crippen LogP contribution in [0.5, 0.6) is 0 Å². The van der Waals surface area contributed by atoms with Crippen molar-refractivity contribution in [3.63, 3.8) is 0 Å². The maximum Gasteiger partial charge on any atom is 0.119 e. The monoisotopic (exact) mass is 371 g/mol. The molecule has 1 N–H and O–H groups in total. The molecular weight excluding hydrogens is 332 g/mol. The Hall–Kier alpha value is 0.230. The Morgan fingerprint density at radius 1 is 0.640 bits per heavy atom. The molecule has 3 nitrogen and oxygen atoms in total. The van der Waals surface area contributed by atoms with Gasteiger partial charge in [0.25, 0.3) is 0 Å². The molecular formula is C21H39O3S+. The van der Waals surface area contributed by atoms with Crippen molar-refractivity contribution in [3.05, 3.63) is 0 Å². The molecule has 25 heavy (non-hydrogen) atoms. The Morgan fingerprint density at radius 2 is 1.00 bits per heavy atom. The van der Waals surface area contributed by atoms with Crippen LogP contribution in [0.1, 0.15) is 77.0 Å². The predicted octanol–water partition coefficient (Wildman–Crippen LogP) is 4.07. The van der Waals surface area contributed by atoms with E-state index in [1.165, 1.54) is 77.0 Å². The standard InChI is InChI=1S/C21H39O3S/c1-23-17-5-11-20(12-6-17)25(19-9-3-16(15-22)4-10-19)21-13-7-18(24-2)8-14-21/h16-22H,3-15H2,1-2H3/q+1. The topological polar surface area (TPSA) is 38.7 Å². The van der Waals surface area contributed by atoms with Crippen molar-refractivity contribution >= 4 is 10.9 Å². The van der Waals surface area contributed by atoms with Gasteiger partial charge in [-0.05, 0) is 93.9 Å². The van der Waals surface area contributed by atoms with E-state index < -0.39 is 0 Å². The zero-order valence-electron chi connectivity index (χ0n) is 16.3. The lowest BCUT2D eigenvalue weighted by Gasteiger charge is -2.39. The van der Waals surface area contributed by atoms with Crippen molar-refractivity contribution < 1.29 is 14.6 Å². The summed E-state index contributed by atoms with van der Waals surface area (Å²) in [7, 11) is 4.34. The number of hydrogen-bond acceptors (Lipinski definition) is 3. The van der Waals surface area contributed by atoms with Gasteiger partial charge in [-0.1, -0.05) is 0 Å². The molecule has 0 aromatic heterocycles. The van der Waals surface area contributed by atoms with Gasteiger partial charge >= 0.3 is 0 Å². The van der Waals surface area contributed by atoms with Gasteiger partial charge in [0, 0.05) is 20.8 Å². The summed E-state index contributed by atoms with van der Waals surface area (Å²) in [4.78, 5) is 0. The lowest BCUT2D eigenvalue weighted by molar-refractivity contribution is 0.0697. The van der Waals surface area contributed by atoms with Gasteiger partial charge in [-0.3, -0.25) is 0 Å². The Labute approximate surface area is 157 Å². The van der Waals surface area contributed by atoms with Gasteiger partial charge < -0.3 is 14.6 Å². The highest BCUT2D eigenvalue weighted by atomic mass is 32.2. The molecule has 0 aliphatic heterocycles. The molecule has 0 aromatic carbocycles. The molecule has 0 atom stereocenters. The first-order valence-corrected chi connectivity index (χ1v) is 12.0. The smallest absolute Gasteiger partial charge is 0.119 e. The van der Waals surface area contributed by atoms with Gasteiger partial charge in [0.15, 0.2) is 0 Å². The Kier molecular flexibility index (Phi) is 7.96. The maximum absolute atomic E-state index is 9.50. The van der Waals surface area contributed by atoms with Crippen LogP contribution in [0.2, 0.25) is 0 Å². The molecule has 0 radical (unpaired) electrons. The zero-order chi connectivity index (χ0) is 17.6. The molecule has 3 saturated carbocycles. The summed E-state index contributed by atoms with van der Waals surface area (Å²) in [6.45, 7) is 0.401. The molecule has 0 bridgehead atoms. The van der Waals surface area contributed by atoms with Crippen molar-refractivity contribution in [2.45, 2.75) is 105 Å². The van der Waals surface area contributed by atoms with E-state index in [9.17, 15) is 5.11 Å². The van der Waals surface area contributed by atoms with E-state index in [2.05, 4.69) is 0 Å². The second kappa shape index (κ2) is 9.96. The normalized spacial score (nSPS) is 41.4. The summed E-state index contributed by atoms with van der Waals surface area (Å²) in [5.74, 6) is 0.579. The van der Waals surface area contributed by atoms with E-state index in [0.717, 1.165) is 15.7 Å². The lowest BCUT2D eigenvalue weighted by atomic mass is 9.89. The molecule has 0 spiro atoms.